The molecule has 1 aromatic carbocycles. The first kappa shape index (κ1) is 16.0. The zero-order valence-electron chi connectivity index (χ0n) is 12.1. The SMILES string of the molecule is CCN(CC(C)C(=O)O)C(=O)COc1ccccc1C. The number of para-hydroxylation sites is 1. The van der Waals surface area contributed by atoms with E-state index in [-0.39, 0.29) is 19.1 Å². The number of carboxylic acid groups (broad SMARTS) is 1. The molecule has 0 bridgehead atoms. The third kappa shape index (κ3) is 4.57. The Morgan fingerprint density at radius 2 is 2.00 bits per heavy atom. The average molecular weight is 279 g/mol. The fourth-order valence-electron chi connectivity index (χ4n) is 1.77. The third-order valence-corrected chi connectivity index (χ3v) is 3.09. The summed E-state index contributed by atoms with van der Waals surface area (Å²) in [5.74, 6) is -1.03. The van der Waals surface area contributed by atoms with Crippen molar-refractivity contribution in [1.82, 2.24) is 4.90 Å². The van der Waals surface area contributed by atoms with Gasteiger partial charge >= 0.3 is 5.97 Å². The topological polar surface area (TPSA) is 66.8 Å². The number of carbonyl (C=O) groups excluding carboxylic acids is 1. The van der Waals surface area contributed by atoms with E-state index in [1.54, 1.807) is 13.0 Å². The summed E-state index contributed by atoms with van der Waals surface area (Å²) in [6.07, 6.45) is 0. The first-order valence-electron chi connectivity index (χ1n) is 6.64. The molecule has 0 aliphatic heterocycles. The lowest BCUT2D eigenvalue weighted by Gasteiger charge is -2.23. The summed E-state index contributed by atoms with van der Waals surface area (Å²) < 4.78 is 5.48. The number of nitrogens with zero attached hydrogens (tertiary/aromatic N) is 1. The first-order valence-corrected chi connectivity index (χ1v) is 6.64. The van der Waals surface area contributed by atoms with Crippen LogP contribution in [0.5, 0.6) is 5.75 Å². The van der Waals surface area contributed by atoms with Crippen LogP contribution in [0.2, 0.25) is 0 Å². The highest BCUT2D eigenvalue weighted by atomic mass is 16.5. The van der Waals surface area contributed by atoms with Crippen LogP contribution in [-0.4, -0.2) is 41.6 Å². The van der Waals surface area contributed by atoms with Crippen LogP contribution in [0.15, 0.2) is 24.3 Å². The van der Waals surface area contributed by atoms with Crippen LogP contribution >= 0.6 is 0 Å². The molecule has 0 aliphatic carbocycles. The summed E-state index contributed by atoms with van der Waals surface area (Å²) in [6, 6.07) is 7.45. The van der Waals surface area contributed by atoms with Crippen molar-refractivity contribution in [2.45, 2.75) is 20.8 Å². The minimum Gasteiger partial charge on any atom is -0.484 e. The van der Waals surface area contributed by atoms with Gasteiger partial charge in [0.2, 0.25) is 0 Å². The lowest BCUT2D eigenvalue weighted by Crippen LogP contribution is -2.39. The maximum atomic E-state index is 12.0. The zero-order valence-corrected chi connectivity index (χ0v) is 12.1. The van der Waals surface area contributed by atoms with E-state index < -0.39 is 11.9 Å². The Kier molecular flexibility index (Phi) is 6.03. The van der Waals surface area contributed by atoms with Gasteiger partial charge in [0.25, 0.3) is 5.91 Å². The molecule has 1 N–H and O–H groups in total. The maximum Gasteiger partial charge on any atom is 0.308 e. The number of ether oxygens (including phenoxy) is 1. The lowest BCUT2D eigenvalue weighted by atomic mass is 10.1. The molecule has 1 rings (SSSR count). The van der Waals surface area contributed by atoms with Gasteiger partial charge < -0.3 is 14.7 Å². The highest BCUT2D eigenvalue weighted by molar-refractivity contribution is 5.78. The fourth-order valence-corrected chi connectivity index (χ4v) is 1.77. The van der Waals surface area contributed by atoms with Crippen molar-refractivity contribution in [1.29, 1.82) is 0 Å². The van der Waals surface area contributed by atoms with E-state index in [0.29, 0.717) is 12.3 Å². The summed E-state index contributed by atoms with van der Waals surface area (Å²) in [4.78, 5) is 24.4. The Morgan fingerprint density at radius 1 is 1.35 bits per heavy atom. The number of benzene rings is 1. The number of carboxylic acids is 1. The van der Waals surface area contributed by atoms with Crippen LogP contribution in [0.1, 0.15) is 19.4 Å². The Labute approximate surface area is 119 Å². The highest BCUT2D eigenvalue weighted by Gasteiger charge is 2.19. The van der Waals surface area contributed by atoms with Crippen molar-refractivity contribution >= 4 is 11.9 Å². The number of aryl methyl sites for hydroxylation is 1. The van der Waals surface area contributed by atoms with E-state index in [1.807, 2.05) is 32.0 Å². The second kappa shape index (κ2) is 7.53. The van der Waals surface area contributed by atoms with Crippen LogP contribution in [0, 0.1) is 12.8 Å². The van der Waals surface area contributed by atoms with Gasteiger partial charge in [0, 0.05) is 13.1 Å². The number of rotatable bonds is 7. The van der Waals surface area contributed by atoms with E-state index in [9.17, 15) is 9.59 Å². The number of aliphatic carboxylic acids is 1. The maximum absolute atomic E-state index is 12.0. The Bertz CT molecular complexity index is 473. The second-order valence-electron chi connectivity index (χ2n) is 4.73. The molecule has 0 aliphatic rings. The molecule has 1 aromatic rings. The van der Waals surface area contributed by atoms with Crippen LogP contribution in [0.25, 0.3) is 0 Å². The van der Waals surface area contributed by atoms with Crippen molar-refractivity contribution < 1.29 is 19.4 Å². The summed E-state index contributed by atoms with van der Waals surface area (Å²) in [7, 11) is 0. The van der Waals surface area contributed by atoms with Crippen LogP contribution < -0.4 is 4.74 Å². The molecular weight excluding hydrogens is 258 g/mol. The predicted molar refractivity (Wildman–Crippen MR) is 75.7 cm³/mol. The minimum atomic E-state index is -0.906. The van der Waals surface area contributed by atoms with Crippen molar-refractivity contribution in [2.75, 3.05) is 19.7 Å². The fraction of sp³-hybridized carbons (Fsp3) is 0.467. The zero-order chi connectivity index (χ0) is 15.1. The molecule has 0 aromatic heterocycles. The summed E-state index contributed by atoms with van der Waals surface area (Å²) in [6.45, 7) is 5.89. The molecule has 20 heavy (non-hydrogen) atoms. The van der Waals surface area contributed by atoms with Gasteiger partial charge in [-0.25, -0.2) is 0 Å². The largest absolute Gasteiger partial charge is 0.484 e. The van der Waals surface area contributed by atoms with Crippen LogP contribution in [0.3, 0.4) is 0 Å². The number of hydrogen-bond donors (Lipinski definition) is 1. The molecule has 5 heteroatoms. The van der Waals surface area contributed by atoms with E-state index >= 15 is 0 Å². The smallest absolute Gasteiger partial charge is 0.308 e. The van der Waals surface area contributed by atoms with E-state index in [0.717, 1.165) is 5.56 Å². The van der Waals surface area contributed by atoms with Crippen molar-refractivity contribution in [2.24, 2.45) is 5.92 Å². The first-order chi connectivity index (χ1) is 9.45. The third-order valence-electron chi connectivity index (χ3n) is 3.09. The van der Waals surface area contributed by atoms with E-state index in [2.05, 4.69) is 0 Å². The highest BCUT2D eigenvalue weighted by Crippen LogP contribution is 2.16. The van der Waals surface area contributed by atoms with Gasteiger partial charge in [0.1, 0.15) is 5.75 Å². The molecule has 0 fully saturated rings. The molecule has 1 amide bonds. The van der Waals surface area contributed by atoms with Gasteiger partial charge in [0.15, 0.2) is 6.61 Å². The molecule has 1 unspecified atom stereocenters. The average Bonchev–Trinajstić information content (AvgIpc) is 2.43. The number of amides is 1. The van der Waals surface area contributed by atoms with E-state index in [1.165, 1.54) is 4.90 Å². The Hall–Kier alpha value is -2.04. The lowest BCUT2D eigenvalue weighted by molar-refractivity contribution is -0.143. The molecule has 0 spiro atoms. The normalized spacial score (nSPS) is 11.8. The number of likely N-dealkylation sites (N-methyl/N-ethyl adjacent to an activating group) is 1. The van der Waals surface area contributed by atoms with Crippen molar-refractivity contribution in [3.05, 3.63) is 29.8 Å². The van der Waals surface area contributed by atoms with Gasteiger partial charge in [-0.2, -0.15) is 0 Å². The number of carbonyl (C=O) groups is 2. The van der Waals surface area contributed by atoms with Gasteiger partial charge in [0.05, 0.1) is 5.92 Å². The molecule has 0 saturated carbocycles. The quantitative estimate of drug-likeness (QED) is 0.828. The number of hydrogen-bond acceptors (Lipinski definition) is 3. The van der Waals surface area contributed by atoms with Crippen molar-refractivity contribution in [3.8, 4) is 5.75 Å². The molecule has 0 radical (unpaired) electrons. The summed E-state index contributed by atoms with van der Waals surface area (Å²) >= 11 is 0. The van der Waals surface area contributed by atoms with Gasteiger partial charge in [-0.1, -0.05) is 25.1 Å². The second-order valence-corrected chi connectivity index (χ2v) is 4.73. The monoisotopic (exact) mass is 279 g/mol. The van der Waals surface area contributed by atoms with Crippen molar-refractivity contribution in [3.63, 3.8) is 0 Å². The van der Waals surface area contributed by atoms with Gasteiger partial charge in [-0.3, -0.25) is 9.59 Å². The molecule has 0 heterocycles. The van der Waals surface area contributed by atoms with Gasteiger partial charge in [-0.05, 0) is 25.5 Å². The van der Waals surface area contributed by atoms with E-state index in [4.69, 9.17) is 9.84 Å². The molecule has 0 saturated heterocycles. The van der Waals surface area contributed by atoms with Crippen LogP contribution in [0.4, 0.5) is 0 Å². The summed E-state index contributed by atoms with van der Waals surface area (Å²) in [5.41, 5.74) is 0.960. The molecule has 5 nitrogen and oxygen atoms in total. The minimum absolute atomic E-state index is 0.0783. The standard InChI is InChI=1S/C15H21NO4/c1-4-16(9-12(3)15(18)19)14(17)10-20-13-8-6-5-7-11(13)2/h5-8,12H,4,9-10H2,1-3H3,(H,18,19). The summed E-state index contributed by atoms with van der Waals surface area (Å²) in [5, 5.41) is 8.88. The molecule has 1 atom stereocenters. The Morgan fingerprint density at radius 3 is 2.55 bits per heavy atom. The molecule has 110 valence electrons. The van der Waals surface area contributed by atoms with Gasteiger partial charge in [-0.15, -0.1) is 0 Å². The van der Waals surface area contributed by atoms with Crippen LogP contribution in [-0.2, 0) is 9.59 Å². The molecular formula is C15H21NO4. The predicted octanol–water partition coefficient (Wildman–Crippen LogP) is 1.94. The Balaban J connectivity index is 2.56.